The number of anilines is 1. The first-order valence-electron chi connectivity index (χ1n) is 26.9. The molecule has 2 aromatic rings. The second-order valence-electron chi connectivity index (χ2n) is 18.8. The molecule has 35 nitrogen and oxygen atoms in total. The number of hydrogen-bond donors (Lipinski definition) is 21. The molecule has 0 saturated heterocycles. The van der Waals surface area contributed by atoms with E-state index in [4.69, 9.17) is 4.42 Å². The van der Waals surface area contributed by atoms with E-state index in [2.05, 4.69) is 106 Å². The minimum Gasteiger partial charge on any atom is -0.478 e. The molecule has 0 fully saturated rings. The van der Waals surface area contributed by atoms with Crippen molar-refractivity contribution in [2.45, 2.75) is 48.6 Å². The summed E-state index contributed by atoms with van der Waals surface area (Å²) >= 11 is 0. The first-order valence-corrected chi connectivity index (χ1v) is 26.9. The van der Waals surface area contributed by atoms with E-state index in [0.29, 0.717) is 16.5 Å². The second kappa shape index (κ2) is 32.8. The Balaban J connectivity index is 2.20. The molecule has 474 valence electrons. The van der Waals surface area contributed by atoms with E-state index in [1.807, 2.05) is 0 Å². The Morgan fingerprint density at radius 2 is 0.897 bits per heavy atom. The molecule has 87 heavy (non-hydrogen) atoms. The molecule has 0 bridgehead atoms. The minimum atomic E-state index is -1.43. The maximum atomic E-state index is 13.6. The number of aromatic carboxylic acids is 1. The van der Waals surface area contributed by atoms with Crippen molar-refractivity contribution >= 4 is 82.9 Å². The number of carboxylic acids is 1. The van der Waals surface area contributed by atoms with Gasteiger partial charge in [0.15, 0.2) is 0 Å². The average Bonchev–Trinajstić information content (AvgIpc) is 1.35. The lowest BCUT2D eigenvalue weighted by Gasteiger charge is -2.43. The highest BCUT2D eigenvalue weighted by molar-refractivity contribution is 6.08. The van der Waals surface area contributed by atoms with Gasteiger partial charge in [-0.1, -0.05) is 18.2 Å². The SMILES string of the molecule is CNC(=O)NCC(NC(=O)NC)C(NC(=O)NC)C(NC(=O)NC)C(NC(=O)NC)N(C)c1ccc2c(-c3ccccc3C(=O)O)c3ccc(=[N+](C)C(NC(=O)NC)C(NC(=O)NC)C(NC(=O)NC)C(CNC(=O)NC)NC(=O)NC)cc-3oc2c1. The van der Waals surface area contributed by atoms with Crippen molar-refractivity contribution in [2.75, 3.05) is 103 Å². The molecule has 2 aliphatic rings. The standard InChI is InChI=1S/C52H78N22O13/c1-53-43(77)63-23-31(65-45(79)55-3)36(67-47(81)57-5)38(69-49(83)59-7)40(71-51(85)61-9)73(11)25-17-19-29-33(21-25)87-34-22-26(18-20-30(34)35(29)27-15-13-14-16-28(27)42(75)76)74(12)41(72-52(86)62-10)39(70-50(84)60-8)37(68-48(82)58-6)32(66-46(80)56-4)24-64-44(78)54-2/h13-22,31-32,36-41H,23-24H2,1-12H3,(H20-,53,54,55,56,57,58,59,60,61,62,63,64,65,66,67,68,69,70,71,72,75,76,77,78,79,80,81,82,83,84,85,86)/p+1. The van der Waals surface area contributed by atoms with Gasteiger partial charge in [0.1, 0.15) is 30.6 Å². The molecule has 2 aromatic carbocycles. The molecule has 1 heterocycles. The number of carbonyl (C=O) groups is 11. The molecule has 0 saturated carbocycles. The van der Waals surface area contributed by atoms with Gasteiger partial charge in [0.05, 0.1) is 41.8 Å². The van der Waals surface area contributed by atoms with E-state index in [9.17, 15) is 57.8 Å². The molecule has 4 rings (SSSR count). The summed E-state index contributed by atoms with van der Waals surface area (Å²) in [7, 11) is 16.4. The van der Waals surface area contributed by atoms with Crippen molar-refractivity contribution in [2.24, 2.45) is 0 Å². The fourth-order valence-electron chi connectivity index (χ4n) is 9.18. The van der Waals surface area contributed by atoms with Crippen LogP contribution < -0.4 is 121 Å². The van der Waals surface area contributed by atoms with E-state index in [0.717, 1.165) is 0 Å². The molecule has 8 unspecified atom stereocenters. The van der Waals surface area contributed by atoms with Crippen molar-refractivity contribution < 1.29 is 62.3 Å². The summed E-state index contributed by atoms with van der Waals surface area (Å²) < 4.78 is 8.31. The van der Waals surface area contributed by atoms with Crippen LogP contribution in [0.3, 0.4) is 0 Å². The zero-order valence-electron chi connectivity index (χ0n) is 50.0. The van der Waals surface area contributed by atoms with Gasteiger partial charge in [-0.3, -0.25) is 5.32 Å². The van der Waals surface area contributed by atoms with Gasteiger partial charge >= 0.3 is 66.3 Å². The lowest BCUT2D eigenvalue weighted by atomic mass is 9.90. The van der Waals surface area contributed by atoms with E-state index in [1.165, 1.54) is 100 Å². The van der Waals surface area contributed by atoms with Crippen LogP contribution in [0.4, 0.5) is 53.6 Å². The topological polar surface area (TPSA) is 468 Å². The number of rotatable bonds is 23. The Morgan fingerprint density at radius 1 is 0.471 bits per heavy atom. The van der Waals surface area contributed by atoms with Crippen LogP contribution in [0.25, 0.3) is 33.4 Å². The summed E-state index contributed by atoms with van der Waals surface area (Å²) in [6, 6.07) is 0.196. The van der Waals surface area contributed by atoms with Gasteiger partial charge < -0.3 is 115 Å². The molecular formula is C52H79N22O13+. The number of carboxylic acid groups (broad SMARTS) is 1. The van der Waals surface area contributed by atoms with Gasteiger partial charge in [0.25, 0.3) is 6.17 Å². The van der Waals surface area contributed by atoms with E-state index in [1.54, 1.807) is 54.6 Å². The Morgan fingerprint density at radius 3 is 1.38 bits per heavy atom. The van der Waals surface area contributed by atoms with Crippen LogP contribution in [0.5, 0.6) is 0 Å². The highest BCUT2D eigenvalue weighted by Gasteiger charge is 2.45. The van der Waals surface area contributed by atoms with Gasteiger partial charge in [-0.15, -0.1) is 0 Å². The van der Waals surface area contributed by atoms with Crippen molar-refractivity contribution in [3.63, 3.8) is 0 Å². The molecule has 21 N–H and O–H groups in total. The molecule has 0 spiro atoms. The quantitative estimate of drug-likeness (QED) is 0.0199. The summed E-state index contributed by atoms with van der Waals surface area (Å²) in [5, 5.41) is 63.1. The predicted octanol–water partition coefficient (Wildman–Crippen LogP) is -3.11. The molecular weight excluding hydrogens is 1140 g/mol. The van der Waals surface area contributed by atoms with Crippen molar-refractivity contribution in [3.05, 3.63) is 71.6 Å². The fraction of sp³-hybridized carbons (Fsp3) is 0.423. The average molecular weight is 1220 g/mol. The van der Waals surface area contributed by atoms with Crippen molar-refractivity contribution in [1.82, 2.24) is 111 Å². The Hall–Kier alpha value is -10.9. The summed E-state index contributed by atoms with van der Waals surface area (Å²) in [6.45, 7) is -0.700. The monoisotopic (exact) mass is 1220 g/mol. The molecule has 0 radical (unpaired) electrons. The third-order valence-corrected chi connectivity index (χ3v) is 13.7. The third kappa shape index (κ3) is 18.3. The van der Waals surface area contributed by atoms with E-state index in [-0.39, 0.29) is 46.6 Å². The fourth-order valence-corrected chi connectivity index (χ4v) is 9.18. The number of nitrogens with one attached hydrogen (secondary N) is 20. The molecule has 1 aliphatic heterocycles. The predicted molar refractivity (Wildman–Crippen MR) is 321 cm³/mol. The van der Waals surface area contributed by atoms with Crippen LogP contribution in [0.1, 0.15) is 10.4 Å². The number of benzene rings is 3. The molecule has 8 atom stereocenters. The van der Waals surface area contributed by atoms with Gasteiger partial charge in [-0.25, -0.2) is 57.3 Å². The summed E-state index contributed by atoms with van der Waals surface area (Å²) in [4.78, 5) is 147. The van der Waals surface area contributed by atoms with Crippen molar-refractivity contribution in [3.8, 4) is 22.5 Å². The van der Waals surface area contributed by atoms with E-state index < -0.39 is 115 Å². The van der Waals surface area contributed by atoms with Crippen LogP contribution in [-0.4, -0.2) is 218 Å². The highest BCUT2D eigenvalue weighted by atomic mass is 16.4. The van der Waals surface area contributed by atoms with E-state index >= 15 is 0 Å². The second-order valence-corrected chi connectivity index (χ2v) is 18.8. The van der Waals surface area contributed by atoms with Crippen LogP contribution in [0.2, 0.25) is 0 Å². The van der Waals surface area contributed by atoms with Gasteiger partial charge in [0, 0.05) is 125 Å². The first-order chi connectivity index (χ1) is 41.5. The van der Waals surface area contributed by atoms with Crippen LogP contribution in [-0.2, 0) is 0 Å². The van der Waals surface area contributed by atoms with Crippen LogP contribution in [0, 0.1) is 0 Å². The largest absolute Gasteiger partial charge is 0.478 e. The van der Waals surface area contributed by atoms with Gasteiger partial charge in [0.2, 0.25) is 5.36 Å². The summed E-state index contributed by atoms with van der Waals surface area (Å²) in [5.74, 6) is -1.16. The van der Waals surface area contributed by atoms with Gasteiger partial charge in [-0.2, -0.15) is 0 Å². The number of likely N-dealkylation sites (N-methyl/N-ethyl adjacent to an activating group) is 2. The number of carbonyl (C=O) groups excluding carboxylic acids is 10. The smallest absolute Gasteiger partial charge is 0.336 e. The van der Waals surface area contributed by atoms with Crippen LogP contribution in [0.15, 0.2) is 65.1 Å². The minimum absolute atomic E-state index is 0.0921. The third-order valence-electron chi connectivity index (χ3n) is 13.7. The highest BCUT2D eigenvalue weighted by Crippen LogP contribution is 2.42. The molecule has 35 heteroatoms. The molecule has 20 amide bonds. The molecule has 1 aliphatic carbocycles. The zero-order chi connectivity index (χ0) is 64.7. The number of hydrogen-bond acceptors (Lipinski definition) is 13. The number of urea groups is 10. The Labute approximate surface area is 499 Å². The number of nitrogens with zero attached hydrogens (tertiary/aromatic N) is 2. The van der Waals surface area contributed by atoms with Gasteiger partial charge in [-0.05, 0) is 29.8 Å². The number of fused-ring (bicyclic) bond motifs is 2. The normalized spacial score (nSPS) is 13.7. The summed E-state index contributed by atoms with van der Waals surface area (Å²) in [6.07, 6.45) is -2.78. The summed E-state index contributed by atoms with van der Waals surface area (Å²) in [5.41, 5.74) is 1.27. The van der Waals surface area contributed by atoms with Crippen LogP contribution >= 0.6 is 0 Å². The lowest BCUT2D eigenvalue weighted by molar-refractivity contribution is 0.0697. The zero-order valence-corrected chi connectivity index (χ0v) is 50.0. The van der Waals surface area contributed by atoms with Crippen molar-refractivity contribution in [1.29, 1.82) is 0 Å². The Bertz CT molecular complexity index is 3180. The first kappa shape index (κ1) is 68.6. The maximum Gasteiger partial charge on any atom is 0.336 e. The Kier molecular flexibility index (Phi) is 25.9. The lowest BCUT2D eigenvalue weighted by Crippen LogP contribution is -2.73. The molecule has 0 aromatic heterocycles. The maximum absolute atomic E-state index is 13.6. The number of amides is 20.